The van der Waals surface area contributed by atoms with Gasteiger partial charge in [0.2, 0.25) is 6.79 Å². The van der Waals surface area contributed by atoms with Crippen LogP contribution in [-0.4, -0.2) is 11.8 Å². The largest absolute Gasteiger partial charge is 0.464 e. The van der Waals surface area contributed by atoms with E-state index in [1.807, 2.05) is 13.0 Å². The quantitative estimate of drug-likeness (QED) is 0.537. The van der Waals surface area contributed by atoms with Gasteiger partial charge >= 0.3 is 0 Å². The third kappa shape index (κ3) is 1.13. The average Bonchev–Trinajstić information content (AvgIpc) is 2.29. The lowest BCUT2D eigenvalue weighted by molar-refractivity contribution is 0.0795. The minimum atomic E-state index is 0.278. The van der Waals surface area contributed by atoms with E-state index in [9.17, 15) is 0 Å². The number of rotatable bonds is 0. The lowest BCUT2D eigenvalue weighted by Crippen LogP contribution is -2.26. The predicted octanol–water partition coefficient (Wildman–Crippen LogP) is -0.0480. The van der Waals surface area contributed by atoms with Gasteiger partial charge in [0.1, 0.15) is 5.76 Å². The fourth-order valence-corrected chi connectivity index (χ4v) is 1.15. The number of aromatic nitrogens is 1. The molecule has 0 N–H and O–H groups in total. The van der Waals surface area contributed by atoms with Gasteiger partial charge in [-0.3, -0.25) is 4.98 Å². The molecule has 0 fully saturated rings. The van der Waals surface area contributed by atoms with Gasteiger partial charge in [-0.1, -0.05) is 0 Å². The molecule has 0 bridgehead atoms. The van der Waals surface area contributed by atoms with Gasteiger partial charge in [0.15, 0.2) is 0 Å². The van der Waals surface area contributed by atoms with Gasteiger partial charge in [0, 0.05) is 22.8 Å². The van der Waals surface area contributed by atoms with Crippen LogP contribution in [0.2, 0.25) is 0 Å². The number of fused-ring (bicyclic) bond motifs is 1. The maximum absolute atomic E-state index is 5.26. The molecule has 0 saturated heterocycles. The van der Waals surface area contributed by atoms with E-state index < -0.39 is 0 Å². The van der Waals surface area contributed by atoms with Crippen LogP contribution in [0.1, 0.15) is 6.92 Å². The van der Waals surface area contributed by atoms with E-state index in [0.717, 1.165) is 16.2 Å². The molecule has 3 nitrogen and oxygen atoms in total. The molecule has 2 heterocycles. The number of pyridine rings is 1. The smallest absolute Gasteiger partial charge is 0.229 e. The zero-order chi connectivity index (χ0) is 8.39. The topological polar surface area (TPSA) is 31.4 Å². The van der Waals surface area contributed by atoms with E-state index in [4.69, 9.17) is 9.47 Å². The van der Waals surface area contributed by atoms with E-state index in [0.29, 0.717) is 0 Å². The van der Waals surface area contributed by atoms with Crippen LogP contribution in [0.15, 0.2) is 18.5 Å². The van der Waals surface area contributed by atoms with Crippen LogP contribution in [0.5, 0.6) is 0 Å². The Morgan fingerprint density at radius 3 is 3.33 bits per heavy atom. The molecule has 0 aliphatic carbocycles. The third-order valence-electron chi connectivity index (χ3n) is 1.78. The second kappa shape index (κ2) is 2.85. The summed E-state index contributed by atoms with van der Waals surface area (Å²) in [5.41, 5.74) is 0. The lowest BCUT2D eigenvalue weighted by atomic mass is 10.3. The van der Waals surface area contributed by atoms with Crippen LogP contribution in [0.3, 0.4) is 0 Å². The Morgan fingerprint density at radius 1 is 1.50 bits per heavy atom. The maximum Gasteiger partial charge on any atom is 0.229 e. The van der Waals surface area contributed by atoms with Crippen molar-refractivity contribution in [3.05, 3.63) is 28.9 Å². The van der Waals surface area contributed by atoms with Crippen LogP contribution >= 0.6 is 0 Å². The number of hydrogen-bond acceptors (Lipinski definition) is 3. The van der Waals surface area contributed by atoms with Crippen molar-refractivity contribution in [3.63, 3.8) is 0 Å². The summed E-state index contributed by atoms with van der Waals surface area (Å²) in [6.45, 7) is 2.20. The summed E-state index contributed by atoms with van der Waals surface area (Å²) in [5.74, 6) is 0.876. The maximum atomic E-state index is 5.26. The van der Waals surface area contributed by atoms with Gasteiger partial charge in [-0.05, 0) is 13.0 Å². The molecular formula is C9H9NO2. The molecule has 1 aliphatic rings. The Bertz CT molecular complexity index is 397. The molecule has 0 saturated carbocycles. The van der Waals surface area contributed by atoms with Crippen molar-refractivity contribution >= 4 is 12.0 Å². The normalized spacial score (nSPS) is 14.9. The van der Waals surface area contributed by atoms with Crippen molar-refractivity contribution in [2.24, 2.45) is 0 Å². The lowest BCUT2D eigenvalue weighted by Gasteiger charge is -2.01. The predicted molar refractivity (Wildman–Crippen MR) is 44.1 cm³/mol. The highest BCUT2D eigenvalue weighted by Gasteiger charge is 1.97. The summed E-state index contributed by atoms with van der Waals surface area (Å²) >= 11 is 0. The highest BCUT2D eigenvalue weighted by atomic mass is 16.7. The zero-order valence-electron chi connectivity index (χ0n) is 6.78. The summed E-state index contributed by atoms with van der Waals surface area (Å²) in [7, 11) is 0. The van der Waals surface area contributed by atoms with E-state index in [2.05, 4.69) is 4.98 Å². The minimum absolute atomic E-state index is 0.278. The Balaban J connectivity index is 2.81. The Morgan fingerprint density at radius 2 is 2.42 bits per heavy atom. The highest BCUT2D eigenvalue weighted by molar-refractivity contribution is 5.35. The molecular weight excluding hydrogens is 154 g/mol. The van der Waals surface area contributed by atoms with Crippen LogP contribution in [0.25, 0.3) is 12.0 Å². The van der Waals surface area contributed by atoms with Gasteiger partial charge in [0.05, 0.1) is 6.26 Å². The van der Waals surface area contributed by atoms with Gasteiger partial charge in [0.25, 0.3) is 0 Å². The summed E-state index contributed by atoms with van der Waals surface area (Å²) in [6.07, 6.45) is 5.16. The number of hydrogen-bond donors (Lipinski definition) is 0. The molecule has 1 aliphatic heterocycles. The zero-order valence-corrected chi connectivity index (χ0v) is 6.78. The molecule has 0 aromatic carbocycles. The van der Waals surface area contributed by atoms with Crippen molar-refractivity contribution in [3.8, 4) is 0 Å². The first-order valence-corrected chi connectivity index (χ1v) is 3.73. The molecule has 3 heteroatoms. The Labute approximate surface area is 70.0 Å². The molecule has 62 valence electrons. The monoisotopic (exact) mass is 163 g/mol. The van der Waals surface area contributed by atoms with E-state index in [1.54, 1.807) is 18.7 Å². The van der Waals surface area contributed by atoms with E-state index in [1.165, 1.54) is 0 Å². The second-order valence-corrected chi connectivity index (χ2v) is 2.57. The molecule has 0 unspecified atom stereocenters. The Kier molecular flexibility index (Phi) is 1.70. The summed E-state index contributed by atoms with van der Waals surface area (Å²) in [5, 5.41) is 2.01. The molecule has 12 heavy (non-hydrogen) atoms. The molecule has 0 amide bonds. The summed E-state index contributed by atoms with van der Waals surface area (Å²) in [4.78, 5) is 3.99. The summed E-state index contributed by atoms with van der Waals surface area (Å²) < 4.78 is 10.3. The van der Waals surface area contributed by atoms with E-state index in [-0.39, 0.29) is 6.79 Å². The first kappa shape index (κ1) is 7.16. The fourth-order valence-electron chi connectivity index (χ4n) is 1.15. The highest BCUT2D eigenvalue weighted by Crippen LogP contribution is 1.95. The first-order valence-electron chi connectivity index (χ1n) is 3.73. The second-order valence-electron chi connectivity index (χ2n) is 2.57. The molecule has 0 radical (unpaired) electrons. The number of nitrogens with zero attached hydrogens (tertiary/aromatic N) is 1. The molecule has 0 atom stereocenters. The van der Waals surface area contributed by atoms with E-state index >= 15 is 0 Å². The van der Waals surface area contributed by atoms with Gasteiger partial charge in [-0.15, -0.1) is 0 Å². The van der Waals surface area contributed by atoms with Gasteiger partial charge in [-0.25, -0.2) is 0 Å². The molecule has 1 aromatic rings. The minimum Gasteiger partial charge on any atom is -0.464 e. The average molecular weight is 163 g/mol. The van der Waals surface area contributed by atoms with Crippen LogP contribution in [-0.2, 0) is 9.47 Å². The fraction of sp³-hybridized carbons (Fsp3) is 0.222. The van der Waals surface area contributed by atoms with Gasteiger partial charge in [-0.2, -0.15) is 0 Å². The first-order chi connectivity index (χ1) is 5.88. The van der Waals surface area contributed by atoms with Crippen molar-refractivity contribution in [2.75, 3.05) is 6.79 Å². The molecule has 0 spiro atoms. The molecule has 2 rings (SSSR count). The van der Waals surface area contributed by atoms with Crippen LogP contribution in [0.4, 0.5) is 0 Å². The third-order valence-corrected chi connectivity index (χ3v) is 1.78. The number of ether oxygens (including phenoxy) is 2. The summed E-state index contributed by atoms with van der Waals surface area (Å²) in [6, 6.07) is 1.91. The molecule has 1 aromatic heterocycles. The standard InChI is InChI=1S/C9H9NO2/c1-7-9-2-3-10-4-8(9)5-11-6-12-7/h2-5H,6H2,1H3. The van der Waals surface area contributed by atoms with Crippen molar-refractivity contribution in [1.82, 2.24) is 4.98 Å². The Hall–Kier alpha value is -1.51. The van der Waals surface area contributed by atoms with Crippen molar-refractivity contribution in [1.29, 1.82) is 0 Å². The van der Waals surface area contributed by atoms with Gasteiger partial charge < -0.3 is 9.47 Å². The van der Waals surface area contributed by atoms with Crippen LogP contribution < -0.4 is 10.4 Å². The SMILES string of the molecule is CC1=c2ccncc2=COCO1. The van der Waals surface area contributed by atoms with Crippen molar-refractivity contribution < 1.29 is 9.47 Å². The van der Waals surface area contributed by atoms with Crippen LogP contribution in [0, 0.1) is 0 Å². The van der Waals surface area contributed by atoms with Crippen molar-refractivity contribution in [2.45, 2.75) is 6.92 Å².